The Kier molecular flexibility index (Phi) is 3.31. The molecule has 0 amide bonds. The highest BCUT2D eigenvalue weighted by Crippen LogP contribution is 2.24. The Morgan fingerprint density at radius 2 is 2.00 bits per heavy atom. The minimum absolute atomic E-state index is 0.831. The molecule has 1 aliphatic rings. The van der Waals surface area contributed by atoms with Crippen LogP contribution < -0.4 is 9.64 Å². The van der Waals surface area contributed by atoms with Crippen LogP contribution in [0, 0.1) is 0 Å². The lowest BCUT2D eigenvalue weighted by molar-refractivity contribution is 0.415. The maximum absolute atomic E-state index is 5.25. The number of hydrogen-bond acceptors (Lipinski definition) is 4. The Morgan fingerprint density at radius 1 is 1.16 bits per heavy atom. The highest BCUT2D eigenvalue weighted by atomic mass is 16.5. The van der Waals surface area contributed by atoms with Crippen molar-refractivity contribution in [2.75, 3.05) is 25.1 Å². The number of anilines is 1. The minimum Gasteiger partial charge on any atom is -0.497 e. The van der Waals surface area contributed by atoms with Crippen LogP contribution in [0.5, 0.6) is 5.75 Å². The first kappa shape index (κ1) is 12.0. The number of ether oxygens (including phenoxy) is 1. The molecule has 1 fully saturated rings. The van der Waals surface area contributed by atoms with E-state index in [9.17, 15) is 0 Å². The van der Waals surface area contributed by atoms with Crippen molar-refractivity contribution in [2.45, 2.75) is 12.8 Å². The molecule has 3 rings (SSSR count). The third-order valence-electron chi connectivity index (χ3n) is 3.40. The number of hydrogen-bond donors (Lipinski definition) is 0. The van der Waals surface area contributed by atoms with Crippen LogP contribution in [0.15, 0.2) is 36.5 Å². The Bertz CT molecular complexity index is 565. The summed E-state index contributed by atoms with van der Waals surface area (Å²) >= 11 is 0. The summed E-state index contributed by atoms with van der Waals surface area (Å²) in [7, 11) is 1.68. The maximum atomic E-state index is 5.25. The number of methoxy groups -OCH3 is 1. The van der Waals surface area contributed by atoms with E-state index < -0.39 is 0 Å². The fourth-order valence-electron chi connectivity index (χ4n) is 2.36. The summed E-state index contributed by atoms with van der Waals surface area (Å²) in [6, 6.07) is 9.89. The van der Waals surface area contributed by atoms with Crippen LogP contribution in [0.1, 0.15) is 12.8 Å². The molecule has 0 bridgehead atoms. The van der Waals surface area contributed by atoms with Crippen LogP contribution in [0.3, 0.4) is 0 Å². The molecule has 19 heavy (non-hydrogen) atoms. The molecule has 0 spiro atoms. The van der Waals surface area contributed by atoms with E-state index in [0.717, 1.165) is 36.0 Å². The van der Waals surface area contributed by atoms with Gasteiger partial charge in [0, 0.05) is 24.8 Å². The molecule has 98 valence electrons. The predicted molar refractivity (Wildman–Crippen MR) is 75.5 cm³/mol. The number of nitrogens with zero attached hydrogens (tertiary/aromatic N) is 3. The van der Waals surface area contributed by atoms with Gasteiger partial charge in [-0.15, -0.1) is 0 Å². The smallest absolute Gasteiger partial charge is 0.225 e. The molecular formula is C15H17N3O. The summed E-state index contributed by atoms with van der Waals surface area (Å²) in [5.74, 6) is 1.68. The van der Waals surface area contributed by atoms with E-state index in [0.29, 0.717) is 0 Å². The van der Waals surface area contributed by atoms with Gasteiger partial charge in [0.25, 0.3) is 0 Å². The summed E-state index contributed by atoms with van der Waals surface area (Å²) < 4.78 is 5.25. The first-order valence-corrected chi connectivity index (χ1v) is 6.59. The van der Waals surface area contributed by atoms with Gasteiger partial charge in [-0.05, 0) is 31.0 Å². The van der Waals surface area contributed by atoms with Gasteiger partial charge < -0.3 is 9.64 Å². The lowest BCUT2D eigenvalue weighted by Gasteiger charge is -2.15. The second-order valence-corrected chi connectivity index (χ2v) is 4.67. The van der Waals surface area contributed by atoms with E-state index in [1.807, 2.05) is 36.5 Å². The zero-order valence-corrected chi connectivity index (χ0v) is 11.0. The molecule has 4 heteroatoms. The number of benzene rings is 1. The van der Waals surface area contributed by atoms with Crippen LogP contribution in [0.25, 0.3) is 11.3 Å². The average Bonchev–Trinajstić information content (AvgIpc) is 3.02. The molecule has 2 heterocycles. The van der Waals surface area contributed by atoms with Crippen LogP contribution in [-0.2, 0) is 0 Å². The van der Waals surface area contributed by atoms with Crippen molar-refractivity contribution >= 4 is 5.95 Å². The van der Waals surface area contributed by atoms with Gasteiger partial charge in [-0.3, -0.25) is 0 Å². The summed E-state index contributed by atoms with van der Waals surface area (Å²) in [6.45, 7) is 2.11. The molecule has 1 saturated heterocycles. The molecule has 1 aromatic carbocycles. The van der Waals surface area contributed by atoms with E-state index >= 15 is 0 Å². The monoisotopic (exact) mass is 255 g/mol. The fourth-order valence-corrected chi connectivity index (χ4v) is 2.36. The van der Waals surface area contributed by atoms with Crippen molar-refractivity contribution in [3.05, 3.63) is 36.5 Å². The van der Waals surface area contributed by atoms with Gasteiger partial charge in [0.05, 0.1) is 12.8 Å². The van der Waals surface area contributed by atoms with E-state index in [-0.39, 0.29) is 0 Å². The maximum Gasteiger partial charge on any atom is 0.225 e. The highest BCUT2D eigenvalue weighted by molar-refractivity contribution is 5.62. The van der Waals surface area contributed by atoms with E-state index in [1.54, 1.807) is 7.11 Å². The summed E-state index contributed by atoms with van der Waals surface area (Å²) in [5, 5.41) is 0. The summed E-state index contributed by atoms with van der Waals surface area (Å²) in [6.07, 6.45) is 4.29. The Balaban J connectivity index is 1.93. The van der Waals surface area contributed by atoms with Crippen molar-refractivity contribution in [1.29, 1.82) is 0 Å². The molecule has 0 radical (unpaired) electrons. The highest BCUT2D eigenvalue weighted by Gasteiger charge is 2.15. The van der Waals surface area contributed by atoms with Crippen LogP contribution in [0.2, 0.25) is 0 Å². The SMILES string of the molecule is COc1cccc(-c2ccnc(N3CCCC3)n2)c1. The summed E-state index contributed by atoms with van der Waals surface area (Å²) in [4.78, 5) is 11.3. The lowest BCUT2D eigenvalue weighted by Crippen LogP contribution is -2.20. The fraction of sp³-hybridized carbons (Fsp3) is 0.333. The number of aromatic nitrogens is 2. The third kappa shape index (κ3) is 2.52. The van der Waals surface area contributed by atoms with Gasteiger partial charge in [0.2, 0.25) is 5.95 Å². The lowest BCUT2D eigenvalue weighted by atomic mass is 10.1. The van der Waals surface area contributed by atoms with Crippen LogP contribution in [-0.4, -0.2) is 30.2 Å². The molecule has 0 unspecified atom stereocenters. The van der Waals surface area contributed by atoms with E-state index in [1.165, 1.54) is 12.8 Å². The second kappa shape index (κ2) is 5.26. The normalized spacial score (nSPS) is 14.7. The van der Waals surface area contributed by atoms with Gasteiger partial charge in [0.1, 0.15) is 5.75 Å². The van der Waals surface area contributed by atoms with Gasteiger partial charge in [-0.1, -0.05) is 12.1 Å². The van der Waals surface area contributed by atoms with Crippen molar-refractivity contribution in [3.8, 4) is 17.0 Å². The zero-order chi connectivity index (χ0) is 13.1. The third-order valence-corrected chi connectivity index (χ3v) is 3.40. The second-order valence-electron chi connectivity index (χ2n) is 4.67. The molecule has 0 N–H and O–H groups in total. The molecule has 2 aromatic rings. The molecule has 1 aliphatic heterocycles. The summed E-state index contributed by atoms with van der Waals surface area (Å²) in [5.41, 5.74) is 2.00. The van der Waals surface area contributed by atoms with E-state index in [2.05, 4.69) is 14.9 Å². The molecule has 0 aliphatic carbocycles. The van der Waals surface area contributed by atoms with Crippen molar-refractivity contribution in [2.24, 2.45) is 0 Å². The van der Waals surface area contributed by atoms with Crippen molar-refractivity contribution in [3.63, 3.8) is 0 Å². The molecule has 1 aromatic heterocycles. The zero-order valence-electron chi connectivity index (χ0n) is 11.0. The Hall–Kier alpha value is -2.10. The van der Waals surface area contributed by atoms with Crippen molar-refractivity contribution in [1.82, 2.24) is 9.97 Å². The molecular weight excluding hydrogens is 238 g/mol. The first-order valence-electron chi connectivity index (χ1n) is 6.59. The largest absolute Gasteiger partial charge is 0.497 e. The van der Waals surface area contributed by atoms with Crippen LogP contribution in [0.4, 0.5) is 5.95 Å². The number of rotatable bonds is 3. The molecule has 4 nitrogen and oxygen atoms in total. The standard InChI is InChI=1S/C15H17N3O/c1-19-13-6-4-5-12(11-13)14-7-8-16-15(17-14)18-9-2-3-10-18/h4-8,11H,2-3,9-10H2,1H3. The van der Waals surface area contributed by atoms with Gasteiger partial charge in [-0.25, -0.2) is 9.97 Å². The molecule has 0 saturated carbocycles. The topological polar surface area (TPSA) is 38.2 Å². The minimum atomic E-state index is 0.831. The van der Waals surface area contributed by atoms with Crippen LogP contribution >= 0.6 is 0 Å². The van der Waals surface area contributed by atoms with E-state index in [4.69, 9.17) is 4.74 Å². The van der Waals surface area contributed by atoms with Gasteiger partial charge >= 0.3 is 0 Å². The molecule has 0 atom stereocenters. The Morgan fingerprint density at radius 3 is 2.79 bits per heavy atom. The Labute approximate surface area is 113 Å². The average molecular weight is 255 g/mol. The van der Waals surface area contributed by atoms with Gasteiger partial charge in [-0.2, -0.15) is 0 Å². The van der Waals surface area contributed by atoms with Crippen molar-refractivity contribution < 1.29 is 4.74 Å². The first-order chi connectivity index (χ1) is 9.36. The quantitative estimate of drug-likeness (QED) is 0.845. The van der Waals surface area contributed by atoms with Gasteiger partial charge in [0.15, 0.2) is 0 Å². The predicted octanol–water partition coefficient (Wildman–Crippen LogP) is 2.75.